The number of nitrogens with zero attached hydrogens (tertiary/aromatic N) is 2. The maximum Gasteiger partial charge on any atom is 0.321 e. The van der Waals surface area contributed by atoms with Gasteiger partial charge in [-0.25, -0.2) is 9.78 Å². The van der Waals surface area contributed by atoms with Crippen molar-refractivity contribution >= 4 is 17.8 Å². The summed E-state index contributed by atoms with van der Waals surface area (Å²) < 4.78 is 0. The van der Waals surface area contributed by atoms with E-state index in [9.17, 15) is 14.7 Å². The van der Waals surface area contributed by atoms with Gasteiger partial charge in [0.05, 0.1) is 12.0 Å². The number of hydrogen-bond donors (Lipinski definition) is 2. The van der Waals surface area contributed by atoms with Crippen LogP contribution in [-0.4, -0.2) is 22.1 Å². The number of urea groups is 1. The van der Waals surface area contributed by atoms with E-state index >= 15 is 0 Å². The van der Waals surface area contributed by atoms with Crippen LogP contribution in [0.25, 0.3) is 0 Å². The van der Waals surface area contributed by atoms with Gasteiger partial charge in [-0.1, -0.05) is 60.4 Å². The number of carbonyl (C=O) groups is 2. The zero-order valence-corrected chi connectivity index (χ0v) is 16.4. The van der Waals surface area contributed by atoms with Crippen molar-refractivity contribution in [1.29, 1.82) is 0 Å². The minimum Gasteiger partial charge on any atom is -0.481 e. The summed E-state index contributed by atoms with van der Waals surface area (Å²) in [6, 6.07) is 21.0. The molecule has 1 unspecified atom stereocenters. The first-order valence-corrected chi connectivity index (χ1v) is 9.30. The van der Waals surface area contributed by atoms with Crippen LogP contribution in [0.4, 0.5) is 10.6 Å². The van der Waals surface area contributed by atoms with Crippen LogP contribution in [0.3, 0.4) is 0 Å². The molecule has 0 spiro atoms. The number of hydrogen-bond acceptors (Lipinski definition) is 3. The molecule has 0 fully saturated rings. The second-order valence-corrected chi connectivity index (χ2v) is 6.91. The molecule has 3 rings (SSSR count). The monoisotopic (exact) mass is 399 g/mol. The van der Waals surface area contributed by atoms with Gasteiger partial charge < -0.3 is 10.8 Å². The van der Waals surface area contributed by atoms with Gasteiger partial charge in [-0.05, 0) is 36.8 Å². The van der Waals surface area contributed by atoms with E-state index in [0.29, 0.717) is 11.1 Å². The first kappa shape index (κ1) is 20.6. The topological polar surface area (TPSA) is 96.5 Å². The number of aromatic nitrogens is 1. The third-order valence-electron chi connectivity index (χ3n) is 4.71. The Bertz CT molecular complexity index is 1090. The fraction of sp³-hybridized carbons (Fsp3) is 0.125. The molecule has 3 aromatic rings. The minimum atomic E-state index is -1.22. The van der Waals surface area contributed by atoms with E-state index in [0.717, 1.165) is 5.56 Å². The lowest BCUT2D eigenvalue weighted by Gasteiger charge is -2.39. The summed E-state index contributed by atoms with van der Waals surface area (Å²) in [5, 5.41) is 9.49. The molecule has 1 aromatic heterocycles. The Morgan fingerprint density at radius 2 is 1.57 bits per heavy atom. The Hall–Kier alpha value is -4.11. The zero-order chi connectivity index (χ0) is 21.6. The summed E-state index contributed by atoms with van der Waals surface area (Å²) in [5.74, 6) is 5.25. The van der Waals surface area contributed by atoms with Crippen LogP contribution in [0.5, 0.6) is 0 Å². The van der Waals surface area contributed by atoms with E-state index in [2.05, 4.69) is 16.8 Å². The SMILES string of the molecule is CC(CC(=O)O)(c1ccccc1)N(C(N)=O)c1ccc(C#Cc2ccccc2)cn1. The summed E-state index contributed by atoms with van der Waals surface area (Å²) in [5.41, 5.74) is 6.62. The summed E-state index contributed by atoms with van der Waals surface area (Å²) in [7, 11) is 0. The van der Waals surface area contributed by atoms with Gasteiger partial charge in [-0.2, -0.15) is 0 Å². The van der Waals surface area contributed by atoms with Crippen molar-refractivity contribution in [2.45, 2.75) is 18.9 Å². The molecule has 0 aliphatic rings. The molecule has 0 radical (unpaired) electrons. The van der Waals surface area contributed by atoms with Gasteiger partial charge in [0.15, 0.2) is 0 Å². The summed E-state index contributed by atoms with van der Waals surface area (Å²) in [6.45, 7) is 1.66. The van der Waals surface area contributed by atoms with Gasteiger partial charge in [0.2, 0.25) is 0 Å². The lowest BCUT2D eigenvalue weighted by Crippen LogP contribution is -2.52. The maximum absolute atomic E-state index is 12.4. The van der Waals surface area contributed by atoms with Crippen LogP contribution >= 0.6 is 0 Å². The van der Waals surface area contributed by atoms with Gasteiger partial charge >= 0.3 is 12.0 Å². The molecule has 30 heavy (non-hydrogen) atoms. The molecule has 0 saturated carbocycles. The fourth-order valence-corrected chi connectivity index (χ4v) is 3.27. The highest BCUT2D eigenvalue weighted by Crippen LogP contribution is 2.35. The summed E-state index contributed by atoms with van der Waals surface area (Å²) in [4.78, 5) is 29.5. The van der Waals surface area contributed by atoms with Crippen molar-refractivity contribution in [2.75, 3.05) is 4.90 Å². The number of carboxylic acid groups (broad SMARTS) is 1. The molecule has 0 aliphatic carbocycles. The molecule has 0 bridgehead atoms. The average Bonchev–Trinajstić information content (AvgIpc) is 2.74. The lowest BCUT2D eigenvalue weighted by atomic mass is 9.86. The van der Waals surface area contributed by atoms with Crippen molar-refractivity contribution in [3.8, 4) is 11.8 Å². The number of rotatable bonds is 5. The van der Waals surface area contributed by atoms with E-state index in [1.54, 1.807) is 43.3 Å². The Morgan fingerprint density at radius 1 is 0.967 bits per heavy atom. The van der Waals surface area contributed by atoms with Crippen LogP contribution in [-0.2, 0) is 10.3 Å². The molecule has 3 N–H and O–H groups in total. The molecule has 2 aromatic carbocycles. The molecule has 0 aliphatic heterocycles. The smallest absolute Gasteiger partial charge is 0.321 e. The number of primary amides is 1. The predicted molar refractivity (Wildman–Crippen MR) is 115 cm³/mol. The van der Waals surface area contributed by atoms with Gasteiger partial charge in [0.1, 0.15) is 5.82 Å². The van der Waals surface area contributed by atoms with E-state index in [-0.39, 0.29) is 12.2 Å². The fourth-order valence-electron chi connectivity index (χ4n) is 3.27. The van der Waals surface area contributed by atoms with E-state index in [4.69, 9.17) is 5.73 Å². The van der Waals surface area contributed by atoms with Gasteiger partial charge in [0.25, 0.3) is 0 Å². The highest BCUT2D eigenvalue weighted by molar-refractivity contribution is 5.92. The second-order valence-electron chi connectivity index (χ2n) is 6.91. The predicted octanol–water partition coefficient (Wildman–Crippen LogP) is 3.76. The Kier molecular flexibility index (Phi) is 6.14. The van der Waals surface area contributed by atoms with Crippen LogP contribution in [0.15, 0.2) is 79.0 Å². The number of benzene rings is 2. The summed E-state index contributed by atoms with van der Waals surface area (Å²) >= 11 is 0. The Morgan fingerprint density at radius 3 is 2.10 bits per heavy atom. The Labute approximate surface area is 175 Å². The minimum absolute atomic E-state index is 0.250. The van der Waals surface area contributed by atoms with Gasteiger partial charge in [-0.3, -0.25) is 9.69 Å². The van der Waals surface area contributed by atoms with Crippen LogP contribution < -0.4 is 10.6 Å². The molecule has 2 amide bonds. The average molecular weight is 399 g/mol. The molecule has 1 heterocycles. The number of pyridine rings is 1. The molecular weight excluding hydrogens is 378 g/mol. The zero-order valence-electron chi connectivity index (χ0n) is 16.4. The number of anilines is 1. The number of carbonyl (C=O) groups excluding carboxylic acids is 1. The van der Waals surface area contributed by atoms with Crippen molar-refractivity contribution in [1.82, 2.24) is 4.98 Å². The summed E-state index contributed by atoms with van der Waals surface area (Å²) in [6.07, 6.45) is 1.20. The first-order chi connectivity index (χ1) is 14.4. The molecule has 150 valence electrons. The highest BCUT2D eigenvalue weighted by Gasteiger charge is 2.40. The molecule has 0 saturated heterocycles. The Balaban J connectivity index is 1.98. The number of nitrogens with two attached hydrogens (primary N) is 1. The van der Waals surface area contributed by atoms with E-state index < -0.39 is 17.5 Å². The normalized spacial score (nSPS) is 12.2. The van der Waals surface area contributed by atoms with Crippen molar-refractivity contribution in [3.63, 3.8) is 0 Å². The first-order valence-electron chi connectivity index (χ1n) is 9.30. The van der Waals surface area contributed by atoms with Crippen LogP contribution in [0.2, 0.25) is 0 Å². The second kappa shape index (κ2) is 8.93. The third kappa shape index (κ3) is 4.65. The largest absolute Gasteiger partial charge is 0.481 e. The van der Waals surface area contributed by atoms with Gasteiger partial charge in [-0.15, -0.1) is 0 Å². The third-order valence-corrected chi connectivity index (χ3v) is 4.71. The van der Waals surface area contributed by atoms with Crippen molar-refractivity contribution < 1.29 is 14.7 Å². The standard InChI is InChI=1S/C24H21N3O3/c1-24(16-22(28)29,20-10-6-3-7-11-20)27(23(25)30)21-15-14-19(17-26-21)13-12-18-8-4-2-5-9-18/h2-11,14-15,17H,16H2,1H3,(H2,25,30)(H,28,29). The molecular formula is C24H21N3O3. The van der Waals surface area contributed by atoms with Crippen LogP contribution in [0, 0.1) is 11.8 Å². The molecule has 6 heteroatoms. The number of amides is 2. The van der Waals surface area contributed by atoms with Crippen molar-refractivity contribution in [2.24, 2.45) is 5.73 Å². The quantitative estimate of drug-likeness (QED) is 0.639. The van der Waals surface area contributed by atoms with E-state index in [1.165, 1.54) is 11.1 Å². The van der Waals surface area contributed by atoms with Crippen molar-refractivity contribution in [3.05, 3.63) is 95.7 Å². The molecule has 1 atom stereocenters. The molecule has 6 nitrogen and oxygen atoms in total. The van der Waals surface area contributed by atoms with E-state index in [1.807, 2.05) is 36.4 Å². The maximum atomic E-state index is 12.4. The number of aliphatic carboxylic acids is 1. The van der Waals surface area contributed by atoms with Crippen LogP contribution in [0.1, 0.15) is 30.0 Å². The lowest BCUT2D eigenvalue weighted by molar-refractivity contribution is -0.138. The number of carboxylic acids is 1. The highest BCUT2D eigenvalue weighted by atomic mass is 16.4. The van der Waals surface area contributed by atoms with Gasteiger partial charge in [0, 0.05) is 17.3 Å².